The molecule has 0 aliphatic carbocycles. The van der Waals surface area contributed by atoms with Crippen molar-refractivity contribution in [2.24, 2.45) is 5.34 Å². The van der Waals surface area contributed by atoms with E-state index in [0.29, 0.717) is 0 Å². The van der Waals surface area contributed by atoms with Crippen LogP contribution in [0.25, 0.3) is 0 Å². The first-order valence-electron chi connectivity index (χ1n) is 0.383. The Balaban J connectivity index is -0.0000000200. The number of rotatable bonds is 0. The van der Waals surface area contributed by atoms with Crippen LogP contribution in [-0.4, -0.2) is 5.21 Å². The van der Waals surface area contributed by atoms with Crippen molar-refractivity contribution in [2.45, 2.75) is 0 Å². The summed E-state index contributed by atoms with van der Waals surface area (Å²) in [4.78, 5) is 8.11. The Hall–Kier alpha value is 1.27. The van der Waals surface area contributed by atoms with E-state index in [0.717, 1.165) is 0 Å². The van der Waals surface area contributed by atoms with Crippen molar-refractivity contribution in [3.05, 3.63) is 4.91 Å². The predicted molar refractivity (Wildman–Crippen MR) is 7.58 cm³/mol. The number of hydrogen-bond donors (Lipinski definition) is 1. The Labute approximate surface area is 70.1 Å². The molecule has 22 valence electrons. The van der Waals surface area contributed by atoms with Gasteiger partial charge in [-0.25, -0.2) is 0 Å². The van der Waals surface area contributed by atoms with Crippen molar-refractivity contribution >= 4 is 0 Å². The Kier molecular flexibility index (Phi) is 60.7. The molecule has 0 unspecified atom stereocenters. The Morgan fingerprint density at radius 1 is 1.40 bits per heavy atom. The molecule has 0 atom stereocenters. The van der Waals surface area contributed by atoms with Crippen LogP contribution in [0.1, 0.15) is 0 Å². The third kappa shape index (κ3) is 34.9. The average molecular weight is 448 g/mol. The normalized spacial score (nSPS) is 2.40. The van der Waals surface area contributed by atoms with Crippen LogP contribution < -0.4 is 0 Å². The zero-order chi connectivity index (χ0) is 2.71. The van der Waals surface area contributed by atoms with Gasteiger partial charge in [-0.05, 0) is 0 Å². The van der Waals surface area contributed by atoms with E-state index in [4.69, 9.17) is 10.1 Å². The van der Waals surface area contributed by atoms with E-state index in [1.165, 1.54) is 5.34 Å². The maximum atomic E-state index is 8.11. The first-order chi connectivity index (χ1) is 1.41. The van der Waals surface area contributed by atoms with Gasteiger partial charge in [-0.1, -0.05) is 0 Å². The summed E-state index contributed by atoms with van der Waals surface area (Å²) >= 11 is 0. The third-order valence-corrected chi connectivity index (χ3v) is 0. The summed E-state index contributed by atoms with van der Waals surface area (Å²) in [6.07, 6.45) is 0. The molecule has 0 saturated heterocycles. The van der Waals surface area contributed by atoms with E-state index in [1.807, 2.05) is 0 Å². The second-order valence-corrected chi connectivity index (χ2v) is 0.0816. The van der Waals surface area contributed by atoms with Gasteiger partial charge in [0, 0.05) is 55.3 Å². The fraction of sp³-hybridized carbons (Fsp3) is 0. The van der Waals surface area contributed by atoms with Gasteiger partial charge in [-0.3, -0.25) is 0 Å². The Morgan fingerprint density at radius 2 is 1.40 bits per heavy atom. The van der Waals surface area contributed by atoms with Gasteiger partial charge in [0.2, 0.25) is 0 Å². The summed E-state index contributed by atoms with van der Waals surface area (Å²) < 4.78 is 0. The minimum atomic E-state index is 0. The molecule has 0 saturated carbocycles. The van der Waals surface area contributed by atoms with E-state index in [1.54, 1.807) is 0 Å². The van der Waals surface area contributed by atoms with Crippen molar-refractivity contribution in [3.8, 4) is 0 Å². The minimum absolute atomic E-state index is 0. The van der Waals surface area contributed by atoms with Gasteiger partial charge in [-0.15, -0.1) is 4.91 Å². The van der Waals surface area contributed by atoms with Crippen LogP contribution >= 0.6 is 0 Å². The van der Waals surface area contributed by atoms with Crippen molar-refractivity contribution in [2.75, 3.05) is 0 Å². The van der Waals surface area contributed by atoms with Crippen LogP contribution in [0.15, 0.2) is 5.34 Å². The van der Waals surface area contributed by atoms with E-state index >= 15 is 0 Å². The van der Waals surface area contributed by atoms with E-state index < -0.39 is 0 Å². The van der Waals surface area contributed by atoms with Crippen molar-refractivity contribution < 1.29 is 60.5 Å². The topological polar surface area (TPSA) is 49.7 Å². The minimum Gasteiger partial charge on any atom is -0.379 e. The van der Waals surface area contributed by atoms with Crippen LogP contribution in [0.4, 0.5) is 0 Å². The Bertz CT molecular complexity index is 15.1. The zero-order valence-corrected chi connectivity index (χ0v) is 13.7. The van der Waals surface area contributed by atoms with Gasteiger partial charge in [0.1, 0.15) is 0 Å². The van der Waals surface area contributed by atoms with Gasteiger partial charge in [0.05, 0.1) is 0 Å². The summed E-state index contributed by atoms with van der Waals surface area (Å²) in [5.74, 6) is 0. The van der Waals surface area contributed by atoms with Gasteiger partial charge in [0.25, 0.3) is 0 Å². The second-order valence-electron chi connectivity index (χ2n) is 0.0816. The summed E-state index contributed by atoms with van der Waals surface area (Å²) in [7, 11) is 0. The molecule has 0 radical (unpaired) electrons. The molecule has 0 aliphatic heterocycles. The molecular formula is HHg2NO2. The molecule has 5 heteroatoms. The molecular weight excluding hydrogens is 447 g/mol. The van der Waals surface area contributed by atoms with Crippen LogP contribution in [0.3, 0.4) is 0 Å². The van der Waals surface area contributed by atoms with Crippen molar-refractivity contribution in [3.63, 3.8) is 0 Å². The summed E-state index contributed by atoms with van der Waals surface area (Å²) in [6, 6.07) is 0. The first-order valence-corrected chi connectivity index (χ1v) is 0.383. The molecule has 0 aromatic heterocycles. The predicted octanol–water partition coefficient (Wildman–Crippen LogP) is 0.137. The molecule has 0 fully saturated rings. The summed E-state index contributed by atoms with van der Waals surface area (Å²) in [6.45, 7) is 0. The van der Waals surface area contributed by atoms with Gasteiger partial charge in [0.15, 0.2) is 5.34 Å². The van der Waals surface area contributed by atoms with Crippen molar-refractivity contribution in [1.29, 1.82) is 0 Å². The van der Waals surface area contributed by atoms with Crippen LogP contribution in [0.5, 0.6) is 0 Å². The molecule has 1 N–H and O–H groups in total. The maximum Gasteiger partial charge on any atom is 0.152 e. The monoisotopic (exact) mass is 451 g/mol. The van der Waals surface area contributed by atoms with Crippen molar-refractivity contribution in [1.82, 2.24) is 0 Å². The van der Waals surface area contributed by atoms with Crippen LogP contribution in [0.2, 0.25) is 0 Å². The zero-order valence-electron chi connectivity index (χ0n) is 2.72. The summed E-state index contributed by atoms with van der Waals surface area (Å²) in [5, 5.41) is 7.89. The van der Waals surface area contributed by atoms with Gasteiger partial charge in [-0.2, -0.15) is 0 Å². The molecule has 0 spiro atoms. The molecule has 0 aromatic rings. The fourth-order valence-electron chi connectivity index (χ4n) is 0. The first kappa shape index (κ1) is 16.3. The van der Waals surface area contributed by atoms with E-state index in [2.05, 4.69) is 0 Å². The van der Waals surface area contributed by atoms with Crippen LogP contribution in [-0.2, 0) is 55.3 Å². The molecule has 0 amide bonds. The third-order valence-electron chi connectivity index (χ3n) is 0. The van der Waals surface area contributed by atoms with Gasteiger partial charge >= 0.3 is 0 Å². The molecule has 0 aromatic carbocycles. The smallest absolute Gasteiger partial charge is 0.152 e. The summed E-state index contributed by atoms with van der Waals surface area (Å²) in [5.41, 5.74) is 0. The van der Waals surface area contributed by atoms with Gasteiger partial charge < -0.3 is 5.21 Å². The fourth-order valence-corrected chi connectivity index (χ4v) is 0. The molecule has 0 bridgehead atoms. The quantitative estimate of drug-likeness (QED) is 0.326. The molecule has 5 heavy (non-hydrogen) atoms. The SMILES string of the molecule is O=NO.[Hg].[Hg]. The van der Waals surface area contributed by atoms with E-state index in [9.17, 15) is 0 Å². The van der Waals surface area contributed by atoms with Crippen LogP contribution in [0, 0.1) is 4.91 Å². The molecule has 0 heterocycles. The largest absolute Gasteiger partial charge is 0.379 e. The standard InChI is InChI=1S/2Hg.HNO2/c;;2-1-3/h;;(H,2,3). The maximum absolute atomic E-state index is 8.11. The molecule has 0 rings (SSSR count). The molecule has 3 nitrogen and oxygen atoms in total. The number of nitrogens with zero attached hydrogens (tertiary/aromatic N) is 1. The molecule has 0 aliphatic rings. The average Bonchev–Trinajstić information content (AvgIpc) is 0.918. The van der Waals surface area contributed by atoms with E-state index in [-0.39, 0.29) is 55.3 Å². The Morgan fingerprint density at radius 3 is 1.40 bits per heavy atom. The second kappa shape index (κ2) is 18.6. The number of hydrogen-bond acceptors (Lipinski definition) is 2.